The van der Waals surface area contributed by atoms with Gasteiger partial charge in [-0.05, 0) is 46.4 Å². The molecule has 0 atom stereocenters. The highest BCUT2D eigenvalue weighted by atomic mass is 16.2. The molecule has 1 aliphatic rings. The van der Waals surface area contributed by atoms with E-state index in [1.54, 1.807) is 12.2 Å². The molecule has 0 spiro atoms. The van der Waals surface area contributed by atoms with E-state index in [4.69, 9.17) is 0 Å². The third kappa shape index (κ3) is 2.59. The molecular weight excluding hydrogens is 188 g/mol. The summed E-state index contributed by atoms with van der Waals surface area (Å²) < 4.78 is 0. The number of likely N-dealkylation sites (N-methyl/N-ethyl adjacent to an activating group) is 2. The standard InChI is InChI=1S/C12H22N2O/c1-5-7-11(15)14(4)10-12(13(2)3)8-6-9-12/h5,7H,6,8-10H2,1-4H3/b7-5+. The highest BCUT2D eigenvalue weighted by molar-refractivity contribution is 5.87. The predicted octanol–water partition coefficient (Wildman–Crippen LogP) is 1.51. The van der Waals surface area contributed by atoms with Crippen molar-refractivity contribution in [3.8, 4) is 0 Å². The first-order valence-electron chi connectivity index (χ1n) is 5.57. The van der Waals surface area contributed by atoms with E-state index < -0.39 is 0 Å². The van der Waals surface area contributed by atoms with E-state index >= 15 is 0 Å². The van der Waals surface area contributed by atoms with E-state index in [0.29, 0.717) is 0 Å². The Morgan fingerprint density at radius 3 is 2.27 bits per heavy atom. The lowest BCUT2D eigenvalue weighted by molar-refractivity contribution is -0.127. The first-order chi connectivity index (χ1) is 7.02. The van der Waals surface area contributed by atoms with Gasteiger partial charge in [0.15, 0.2) is 0 Å². The average molecular weight is 210 g/mol. The lowest BCUT2D eigenvalue weighted by atomic mass is 9.75. The number of hydrogen-bond acceptors (Lipinski definition) is 2. The minimum absolute atomic E-state index is 0.102. The molecule has 0 N–H and O–H groups in total. The van der Waals surface area contributed by atoms with E-state index in [9.17, 15) is 4.79 Å². The average Bonchev–Trinajstić information content (AvgIpc) is 2.10. The smallest absolute Gasteiger partial charge is 0.246 e. The monoisotopic (exact) mass is 210 g/mol. The Balaban J connectivity index is 2.56. The van der Waals surface area contributed by atoms with Crippen LogP contribution in [-0.2, 0) is 4.79 Å². The van der Waals surface area contributed by atoms with Gasteiger partial charge in [0.1, 0.15) is 0 Å². The van der Waals surface area contributed by atoms with Gasteiger partial charge in [0.25, 0.3) is 0 Å². The molecule has 0 saturated heterocycles. The summed E-state index contributed by atoms with van der Waals surface area (Å²) in [5.74, 6) is 0.102. The molecule has 1 fully saturated rings. The van der Waals surface area contributed by atoms with Crippen LogP contribution in [0.2, 0.25) is 0 Å². The molecular formula is C12H22N2O. The van der Waals surface area contributed by atoms with Crippen LogP contribution in [0.5, 0.6) is 0 Å². The summed E-state index contributed by atoms with van der Waals surface area (Å²) in [4.78, 5) is 15.7. The summed E-state index contributed by atoms with van der Waals surface area (Å²) in [5, 5.41) is 0. The van der Waals surface area contributed by atoms with E-state index in [-0.39, 0.29) is 11.4 Å². The van der Waals surface area contributed by atoms with E-state index in [1.807, 2.05) is 18.9 Å². The maximum Gasteiger partial charge on any atom is 0.246 e. The summed E-state index contributed by atoms with van der Waals surface area (Å²) in [5.41, 5.74) is 0.228. The van der Waals surface area contributed by atoms with Gasteiger partial charge in [0, 0.05) is 19.1 Å². The van der Waals surface area contributed by atoms with Crippen LogP contribution in [0.15, 0.2) is 12.2 Å². The Kier molecular flexibility index (Phi) is 3.91. The van der Waals surface area contributed by atoms with Gasteiger partial charge in [0.2, 0.25) is 5.91 Å². The Morgan fingerprint density at radius 2 is 1.93 bits per heavy atom. The van der Waals surface area contributed by atoms with E-state index in [1.165, 1.54) is 19.3 Å². The van der Waals surface area contributed by atoms with Crippen molar-refractivity contribution in [2.75, 3.05) is 27.7 Å². The van der Waals surface area contributed by atoms with E-state index in [0.717, 1.165) is 6.54 Å². The lowest BCUT2D eigenvalue weighted by Crippen LogP contribution is -2.57. The zero-order valence-corrected chi connectivity index (χ0v) is 10.3. The van der Waals surface area contributed by atoms with Crippen molar-refractivity contribution in [3.05, 3.63) is 12.2 Å². The van der Waals surface area contributed by atoms with Gasteiger partial charge >= 0.3 is 0 Å². The van der Waals surface area contributed by atoms with Crippen LogP contribution >= 0.6 is 0 Å². The first kappa shape index (κ1) is 12.2. The van der Waals surface area contributed by atoms with Gasteiger partial charge in [-0.25, -0.2) is 0 Å². The first-order valence-corrected chi connectivity index (χ1v) is 5.57. The highest BCUT2D eigenvalue weighted by Crippen LogP contribution is 2.36. The molecule has 15 heavy (non-hydrogen) atoms. The largest absolute Gasteiger partial charge is 0.340 e. The molecule has 0 aromatic carbocycles. The molecule has 3 nitrogen and oxygen atoms in total. The molecule has 86 valence electrons. The molecule has 1 aliphatic carbocycles. The van der Waals surface area contributed by atoms with Crippen molar-refractivity contribution in [2.45, 2.75) is 31.7 Å². The SMILES string of the molecule is C/C=C/C(=O)N(C)CC1(N(C)C)CCC1. The summed E-state index contributed by atoms with van der Waals surface area (Å²) in [6.07, 6.45) is 7.11. The zero-order chi connectivity index (χ0) is 11.5. The minimum atomic E-state index is 0.102. The van der Waals surface area contributed by atoms with Gasteiger partial charge in [-0.3, -0.25) is 4.79 Å². The molecule has 0 bridgehead atoms. The van der Waals surface area contributed by atoms with Gasteiger partial charge < -0.3 is 9.80 Å². The molecule has 0 aliphatic heterocycles. The van der Waals surface area contributed by atoms with Gasteiger partial charge in [-0.2, -0.15) is 0 Å². The summed E-state index contributed by atoms with van der Waals surface area (Å²) in [6, 6.07) is 0. The van der Waals surface area contributed by atoms with Crippen molar-refractivity contribution in [3.63, 3.8) is 0 Å². The zero-order valence-electron chi connectivity index (χ0n) is 10.3. The number of rotatable bonds is 4. The number of amides is 1. The van der Waals surface area contributed by atoms with Crippen LogP contribution in [0.3, 0.4) is 0 Å². The number of hydrogen-bond donors (Lipinski definition) is 0. The normalized spacial score (nSPS) is 19.3. The Labute approximate surface area is 92.7 Å². The molecule has 0 aromatic rings. The molecule has 1 saturated carbocycles. The van der Waals surface area contributed by atoms with Crippen LogP contribution in [0.25, 0.3) is 0 Å². The number of nitrogens with zero attached hydrogens (tertiary/aromatic N) is 2. The van der Waals surface area contributed by atoms with Crippen molar-refractivity contribution in [1.29, 1.82) is 0 Å². The fourth-order valence-electron chi connectivity index (χ4n) is 2.12. The Hall–Kier alpha value is -0.830. The molecule has 1 amide bonds. The van der Waals surface area contributed by atoms with Gasteiger partial charge in [-0.1, -0.05) is 6.08 Å². The third-order valence-electron chi connectivity index (χ3n) is 3.45. The molecule has 3 heteroatoms. The topological polar surface area (TPSA) is 23.6 Å². The molecule has 0 heterocycles. The number of allylic oxidation sites excluding steroid dienone is 1. The Bertz CT molecular complexity index is 254. The van der Waals surface area contributed by atoms with Crippen molar-refractivity contribution >= 4 is 5.91 Å². The highest BCUT2D eigenvalue weighted by Gasteiger charge is 2.40. The van der Waals surface area contributed by atoms with Crippen LogP contribution < -0.4 is 0 Å². The lowest BCUT2D eigenvalue weighted by Gasteiger charge is -2.49. The molecule has 1 rings (SSSR count). The number of carbonyl (C=O) groups is 1. The molecule has 0 radical (unpaired) electrons. The predicted molar refractivity (Wildman–Crippen MR) is 62.7 cm³/mol. The van der Waals surface area contributed by atoms with Gasteiger partial charge in [0.05, 0.1) is 0 Å². The van der Waals surface area contributed by atoms with Gasteiger partial charge in [-0.15, -0.1) is 0 Å². The second-order valence-electron chi connectivity index (χ2n) is 4.67. The summed E-state index contributed by atoms with van der Waals surface area (Å²) >= 11 is 0. The maximum atomic E-state index is 11.6. The van der Waals surface area contributed by atoms with Crippen LogP contribution in [0.4, 0.5) is 0 Å². The maximum absolute atomic E-state index is 11.6. The van der Waals surface area contributed by atoms with Crippen LogP contribution in [0.1, 0.15) is 26.2 Å². The molecule has 0 unspecified atom stereocenters. The Morgan fingerprint density at radius 1 is 1.33 bits per heavy atom. The summed E-state index contributed by atoms with van der Waals surface area (Å²) in [6.45, 7) is 2.71. The second kappa shape index (κ2) is 4.79. The molecule has 0 aromatic heterocycles. The van der Waals surface area contributed by atoms with Crippen LogP contribution in [0, 0.1) is 0 Å². The van der Waals surface area contributed by atoms with Crippen LogP contribution in [-0.4, -0.2) is 48.9 Å². The second-order valence-corrected chi connectivity index (χ2v) is 4.67. The summed E-state index contributed by atoms with van der Waals surface area (Å²) in [7, 11) is 6.09. The minimum Gasteiger partial charge on any atom is -0.340 e. The quantitative estimate of drug-likeness (QED) is 0.657. The van der Waals surface area contributed by atoms with Crippen molar-refractivity contribution in [1.82, 2.24) is 9.80 Å². The van der Waals surface area contributed by atoms with E-state index in [2.05, 4.69) is 19.0 Å². The fraction of sp³-hybridized carbons (Fsp3) is 0.750. The number of carbonyl (C=O) groups excluding carboxylic acids is 1. The fourth-order valence-corrected chi connectivity index (χ4v) is 2.12. The third-order valence-corrected chi connectivity index (χ3v) is 3.45. The van der Waals surface area contributed by atoms with Crippen molar-refractivity contribution in [2.24, 2.45) is 0 Å². The van der Waals surface area contributed by atoms with Crippen molar-refractivity contribution < 1.29 is 4.79 Å².